The zero-order valence-corrected chi connectivity index (χ0v) is 28.0. The van der Waals surface area contributed by atoms with Crippen LogP contribution >= 0.6 is 0 Å². The van der Waals surface area contributed by atoms with Gasteiger partial charge in [-0.15, -0.1) is 0 Å². The van der Waals surface area contributed by atoms with Gasteiger partial charge >= 0.3 is 6.03 Å². The van der Waals surface area contributed by atoms with Gasteiger partial charge in [-0.25, -0.2) is 14.2 Å². The second kappa shape index (κ2) is 15.7. The lowest BCUT2D eigenvalue weighted by atomic mass is 10.1. The number of hydrogen-bond acceptors (Lipinski definition) is 9. The molecule has 2 aliphatic heterocycles. The number of ether oxygens (including phenoxy) is 1. The Morgan fingerprint density at radius 2 is 1.78 bits per heavy atom. The monoisotopic (exact) mass is 696 g/mol. The standard InChI is InChI=1S/C32H36F2N8O5.CH2O2/c1-19-15-20(37-30(44)29-36-16-24(39(29)2)22-7-8-26(47-14-9-35)28(34)27(22)33)5-6-21(19)31(45)40-10-12-41(13-11-40)32(46)38-23-17-42(3,4)18-25(23)43;2-1-3/h5-8,15-16,23,25,43H,10-14,17-18H2,1-4H3,(H-,37,38,44,45,46);1H,(H,2,3)/t23-,25-;/m1./s1. The topological polar surface area (TPSA) is 193 Å². The van der Waals surface area contributed by atoms with Crippen LogP contribution in [0.5, 0.6) is 5.75 Å². The van der Waals surface area contributed by atoms with Gasteiger partial charge in [-0.1, -0.05) is 0 Å². The maximum Gasteiger partial charge on any atom is 0.318 e. The van der Waals surface area contributed by atoms with Crippen LogP contribution in [0.1, 0.15) is 26.5 Å². The van der Waals surface area contributed by atoms with Gasteiger partial charge < -0.3 is 49.2 Å². The molecule has 3 heterocycles. The highest BCUT2D eigenvalue weighted by Crippen LogP contribution is 2.30. The minimum atomic E-state index is -1.26. The van der Waals surface area contributed by atoms with E-state index >= 15 is 0 Å². The summed E-state index contributed by atoms with van der Waals surface area (Å²) in [5.74, 6) is -3.73. The van der Waals surface area contributed by atoms with Crippen LogP contribution in [0.15, 0.2) is 36.5 Å². The number of carbonyl (C=O) groups is 4. The Morgan fingerprint density at radius 3 is 2.38 bits per heavy atom. The van der Waals surface area contributed by atoms with E-state index in [0.717, 1.165) is 0 Å². The number of hydrogen-bond donors (Lipinski definition) is 3. The smallest absolute Gasteiger partial charge is 0.318 e. The number of likely N-dealkylation sites (N-methyl/N-ethyl adjacent to an activating group) is 1. The molecule has 2 saturated heterocycles. The molecule has 3 aromatic rings. The number of nitrogens with zero attached hydrogens (tertiary/aromatic N) is 6. The molecule has 2 fully saturated rings. The van der Waals surface area contributed by atoms with Crippen LogP contribution < -0.4 is 20.5 Å². The predicted octanol–water partition coefficient (Wildman–Crippen LogP) is 0.481. The first-order chi connectivity index (χ1) is 23.7. The van der Waals surface area contributed by atoms with Crippen molar-refractivity contribution in [3.63, 3.8) is 0 Å². The fraction of sp³-hybridized carbons (Fsp3) is 0.394. The highest BCUT2D eigenvalue weighted by atomic mass is 19.2. The van der Waals surface area contributed by atoms with Crippen LogP contribution in [0.2, 0.25) is 0 Å². The molecule has 0 radical (unpaired) electrons. The molecule has 50 heavy (non-hydrogen) atoms. The maximum absolute atomic E-state index is 14.8. The van der Waals surface area contributed by atoms with E-state index in [0.29, 0.717) is 60.6 Å². The molecule has 0 bridgehead atoms. The van der Waals surface area contributed by atoms with Crippen LogP contribution in [0.3, 0.4) is 0 Å². The lowest BCUT2D eigenvalue weighted by Gasteiger charge is -2.35. The molecular weight excluding hydrogens is 658 g/mol. The zero-order chi connectivity index (χ0) is 36.7. The predicted molar refractivity (Wildman–Crippen MR) is 173 cm³/mol. The average molecular weight is 697 g/mol. The van der Waals surface area contributed by atoms with Crippen molar-refractivity contribution in [2.75, 3.05) is 65.3 Å². The summed E-state index contributed by atoms with van der Waals surface area (Å²) in [5.41, 5.74) is 1.49. The van der Waals surface area contributed by atoms with Gasteiger partial charge in [0.15, 0.2) is 24.0 Å². The number of quaternary nitrogens is 1. The van der Waals surface area contributed by atoms with Crippen molar-refractivity contribution in [2.45, 2.75) is 19.1 Å². The van der Waals surface area contributed by atoms with Crippen LogP contribution in [0, 0.1) is 29.9 Å². The maximum atomic E-state index is 14.8. The number of aryl methyl sites for hydroxylation is 1. The summed E-state index contributed by atoms with van der Waals surface area (Å²) in [5, 5.41) is 32.8. The van der Waals surface area contributed by atoms with Gasteiger partial charge in [-0.05, 0) is 42.8 Å². The highest BCUT2D eigenvalue weighted by Gasteiger charge is 2.40. The molecule has 4 amide bonds. The van der Waals surface area contributed by atoms with E-state index < -0.39 is 42.5 Å². The lowest BCUT2D eigenvalue weighted by molar-refractivity contribution is -0.879. The molecule has 0 saturated carbocycles. The van der Waals surface area contributed by atoms with E-state index in [1.54, 1.807) is 41.0 Å². The van der Waals surface area contributed by atoms with Crippen molar-refractivity contribution in [1.82, 2.24) is 24.7 Å². The summed E-state index contributed by atoms with van der Waals surface area (Å²) in [6, 6.07) is 8.45. The van der Waals surface area contributed by atoms with Crippen LogP contribution in [0.4, 0.5) is 19.3 Å². The Kier molecular flexibility index (Phi) is 11.7. The Labute approximate surface area is 286 Å². The van der Waals surface area contributed by atoms with E-state index in [9.17, 15) is 28.3 Å². The number of imidazole rings is 1. The van der Waals surface area contributed by atoms with Crippen molar-refractivity contribution in [2.24, 2.45) is 7.05 Å². The normalized spacial score (nSPS) is 18.0. The number of anilines is 1. The lowest BCUT2D eigenvalue weighted by Crippen LogP contribution is -2.56. The Hall–Kier alpha value is -5.60. The van der Waals surface area contributed by atoms with Crippen LogP contribution in [0.25, 0.3) is 11.3 Å². The first-order valence-electron chi connectivity index (χ1n) is 15.5. The number of carbonyl (C=O) groups excluding carboxylic acids is 4. The van der Waals surface area contributed by atoms with Crippen molar-refractivity contribution < 1.29 is 47.4 Å². The van der Waals surface area contributed by atoms with Gasteiger partial charge in [0.2, 0.25) is 5.82 Å². The van der Waals surface area contributed by atoms with Gasteiger partial charge in [0.05, 0.1) is 26.0 Å². The highest BCUT2D eigenvalue weighted by molar-refractivity contribution is 6.03. The third kappa shape index (κ3) is 8.33. The van der Waals surface area contributed by atoms with Gasteiger partial charge in [0.25, 0.3) is 11.8 Å². The number of carboxylic acid groups (broad SMARTS) is 1. The fourth-order valence-corrected chi connectivity index (χ4v) is 6.03. The van der Waals surface area contributed by atoms with Crippen molar-refractivity contribution in [3.8, 4) is 23.1 Å². The Balaban J connectivity index is 0.00000181. The number of aromatic nitrogens is 2. The van der Waals surface area contributed by atoms with Gasteiger partial charge in [0.1, 0.15) is 31.3 Å². The summed E-state index contributed by atoms with van der Waals surface area (Å²) < 4.78 is 36.1. The van der Waals surface area contributed by atoms with E-state index in [2.05, 4.69) is 15.6 Å². The largest absolute Gasteiger partial charge is 0.554 e. The number of aliphatic hydroxyl groups is 1. The van der Waals surface area contributed by atoms with Gasteiger partial charge in [0, 0.05) is 56.5 Å². The minimum absolute atomic E-state index is 0.0606. The van der Waals surface area contributed by atoms with Crippen molar-refractivity contribution in [1.29, 1.82) is 5.26 Å². The van der Waals surface area contributed by atoms with E-state index in [4.69, 9.17) is 19.9 Å². The second-order valence-electron chi connectivity index (χ2n) is 12.5. The Bertz CT molecular complexity index is 1800. The molecule has 2 aromatic carbocycles. The molecule has 0 aliphatic carbocycles. The number of aliphatic hydroxyl groups excluding tert-OH is 1. The number of amides is 4. The number of nitrogens with one attached hydrogen (secondary N) is 2. The summed E-state index contributed by atoms with van der Waals surface area (Å²) in [6.07, 6.45) is 0.641. The second-order valence-corrected chi connectivity index (χ2v) is 12.5. The first-order valence-corrected chi connectivity index (χ1v) is 15.5. The van der Waals surface area contributed by atoms with Crippen LogP contribution in [-0.2, 0) is 11.8 Å². The van der Waals surface area contributed by atoms with Crippen molar-refractivity contribution >= 4 is 30.0 Å². The number of rotatable bonds is 7. The molecule has 0 unspecified atom stereocenters. The summed E-state index contributed by atoms with van der Waals surface area (Å²) >= 11 is 0. The molecule has 1 aromatic heterocycles. The number of halogens is 2. The van der Waals surface area contributed by atoms with E-state index in [1.807, 2.05) is 14.1 Å². The molecule has 17 heteroatoms. The molecule has 15 nitrogen and oxygen atoms in total. The average Bonchev–Trinajstić information content (AvgIpc) is 3.58. The van der Waals surface area contributed by atoms with E-state index in [-0.39, 0.29) is 35.1 Å². The van der Waals surface area contributed by atoms with Crippen LogP contribution in [-0.4, -0.2) is 125 Å². The summed E-state index contributed by atoms with van der Waals surface area (Å²) in [6.45, 7) is 3.42. The number of urea groups is 1. The molecule has 2 aliphatic rings. The third-order valence-electron chi connectivity index (χ3n) is 8.52. The fourth-order valence-electron chi connectivity index (χ4n) is 6.03. The molecule has 3 N–H and O–H groups in total. The quantitative estimate of drug-likeness (QED) is 0.233. The molecule has 5 rings (SSSR count). The number of nitriles is 1. The summed E-state index contributed by atoms with van der Waals surface area (Å²) in [4.78, 5) is 54.9. The first kappa shape index (κ1) is 37.2. The van der Waals surface area contributed by atoms with Gasteiger partial charge in [-0.2, -0.15) is 9.65 Å². The summed E-state index contributed by atoms with van der Waals surface area (Å²) in [7, 11) is 5.50. The van der Waals surface area contributed by atoms with E-state index in [1.165, 1.54) is 29.9 Å². The molecule has 2 atom stereocenters. The molecular formula is C33H38F2N8O7. The SMILES string of the molecule is Cc1cc(NC(=O)c2ncc(-c3ccc(OCC#N)c(F)c3F)n2C)ccc1C(=O)N1CCN(C(=O)N[C@@H]2C[N+](C)(C)C[C@H]2O)CC1.O=C[O-]. The minimum Gasteiger partial charge on any atom is -0.554 e. The van der Waals surface area contributed by atoms with Gasteiger partial charge in [-0.3, -0.25) is 9.59 Å². The molecule has 0 spiro atoms. The number of benzene rings is 2. The molecule has 266 valence electrons. The van der Waals surface area contributed by atoms with Crippen molar-refractivity contribution in [3.05, 3.63) is 65.1 Å². The third-order valence-corrected chi connectivity index (χ3v) is 8.52. The zero-order valence-electron chi connectivity index (χ0n) is 28.0. The number of piperazine rings is 1. The Morgan fingerprint density at radius 1 is 1.12 bits per heavy atom. The number of likely N-dealkylation sites (tertiary alicyclic amines) is 1.